The largest absolute Gasteiger partial charge is 0.410 e. The van der Waals surface area contributed by atoms with Gasteiger partial charge in [-0.25, -0.2) is 0 Å². The number of nitrogens with zero attached hydrogens (tertiary/aromatic N) is 3. The molecule has 1 aromatic heterocycles. The van der Waals surface area contributed by atoms with E-state index in [0.29, 0.717) is 0 Å². The minimum atomic E-state index is -0.271. The first kappa shape index (κ1) is 14.1. The second-order valence-corrected chi connectivity index (χ2v) is 1.34. The molecule has 0 atom stereocenters. The maximum Gasteiger partial charge on any atom is 0.0744 e. The molecule has 0 spiro atoms. The van der Waals surface area contributed by atoms with Gasteiger partial charge in [0.05, 0.1) is 5.95 Å². The van der Waals surface area contributed by atoms with Gasteiger partial charge in [0.1, 0.15) is 0 Å². The Balaban J connectivity index is 0. The molecule has 1 rings (SSSR count). The smallest absolute Gasteiger partial charge is 0.0744 e. The second-order valence-electron chi connectivity index (χ2n) is 1.34. The van der Waals surface area contributed by atoms with E-state index in [1.807, 2.05) is 0 Å². The summed E-state index contributed by atoms with van der Waals surface area (Å²) in [5.41, 5.74) is 18.7. The average Bonchev–Trinajstić information content (AvgIpc) is 1.59. The van der Waals surface area contributed by atoms with Crippen molar-refractivity contribution in [1.29, 1.82) is 0 Å². The van der Waals surface area contributed by atoms with Crippen LogP contribution in [0, 0.1) is 62.2 Å². The minimum Gasteiger partial charge on any atom is -0.410 e. The summed E-state index contributed by atoms with van der Waals surface area (Å²) in [6.45, 7) is 0. The number of hydrogen-bond acceptors (Lipinski definition) is 4. The molecule has 0 saturated carbocycles. The Morgan fingerprint density at radius 1 is 0.909 bits per heavy atom. The van der Waals surface area contributed by atoms with E-state index in [9.17, 15) is 0 Å². The molecule has 8 heteroatoms. The third kappa shape index (κ3) is 4.87. The van der Waals surface area contributed by atoms with Crippen LogP contribution in [0.1, 0.15) is 0 Å². The Hall–Kier alpha value is 0.514. The van der Waals surface area contributed by atoms with Crippen molar-refractivity contribution in [3.05, 3.63) is 11.5 Å². The van der Waals surface area contributed by atoms with E-state index in [-0.39, 0.29) is 80.1 Å². The number of rotatable bonds is 0. The molecule has 0 aliphatic carbocycles. The van der Waals surface area contributed by atoms with E-state index >= 15 is 0 Å². The number of nitrogen functional groups attached to an aromatic ring is 1. The average molecular weight is 600 g/mol. The summed E-state index contributed by atoms with van der Waals surface area (Å²) < 4.78 is 0. The molecule has 1 aromatic rings. The van der Waals surface area contributed by atoms with Gasteiger partial charge in [0.25, 0.3) is 0 Å². The Bertz CT molecular complexity index is 177. The van der Waals surface area contributed by atoms with Crippen molar-refractivity contribution in [3.8, 4) is 0 Å². The first-order valence-corrected chi connectivity index (χ1v) is 2.13. The molecule has 56 valence electrons. The molecular weight excluding hydrogens is 596 g/mol. The van der Waals surface area contributed by atoms with Crippen LogP contribution < -0.4 is 5.73 Å². The molecule has 0 radical (unpaired) electrons. The normalized spacial score (nSPS) is 7.64. The van der Waals surface area contributed by atoms with Crippen molar-refractivity contribution in [1.82, 2.24) is 15.0 Å². The summed E-state index contributed by atoms with van der Waals surface area (Å²) >= 11 is 0. The number of hydrogen-bond donors (Lipinski definition) is 1. The van der Waals surface area contributed by atoms with Gasteiger partial charge in [-0.05, 0) is 0 Å². The molecule has 6 nitrogen and oxygen atoms in total. The fourth-order valence-electron chi connectivity index (χ4n) is 0.392. The minimum absolute atomic E-state index is 0. The number of aromatic nitrogens is 3. The van der Waals surface area contributed by atoms with Gasteiger partial charge in [-0.3, -0.25) is 0 Å². The molecule has 1 heterocycles. The van der Waals surface area contributed by atoms with Crippen molar-refractivity contribution in [2.75, 3.05) is 5.73 Å². The Morgan fingerprint density at radius 2 is 1.27 bits per heavy atom. The number of nitrogens with two attached hydrogens (primary N) is 1. The van der Waals surface area contributed by atoms with Crippen LogP contribution in [0.4, 0.5) is 17.8 Å². The van der Waals surface area contributed by atoms with Gasteiger partial charge in [0.2, 0.25) is 0 Å². The summed E-state index contributed by atoms with van der Waals surface area (Å²) in [6, 6.07) is 0. The van der Waals surface area contributed by atoms with Crippen LogP contribution in [0.2, 0.25) is 0 Å². The van der Waals surface area contributed by atoms with Gasteiger partial charge >= 0.3 is 0 Å². The third-order valence-corrected chi connectivity index (χ3v) is 0.653. The van der Waals surface area contributed by atoms with Crippen molar-refractivity contribution in [2.45, 2.75) is 0 Å². The zero-order valence-corrected chi connectivity index (χ0v) is 13.7. The van der Waals surface area contributed by atoms with Gasteiger partial charge in [-0.15, -0.1) is 0 Å². The number of anilines is 1. The van der Waals surface area contributed by atoms with E-state index in [1.54, 1.807) is 0 Å². The second kappa shape index (κ2) is 6.08. The van der Waals surface area contributed by atoms with Gasteiger partial charge in [-0.1, -0.05) is 0 Å². The fourth-order valence-corrected chi connectivity index (χ4v) is 0.392. The molecule has 4 N–H and O–H groups in total. The first-order valence-electron chi connectivity index (χ1n) is 2.13. The van der Waals surface area contributed by atoms with E-state index in [4.69, 9.17) is 17.2 Å². The quantitative estimate of drug-likeness (QED) is 0.476. The molecule has 11 heavy (non-hydrogen) atoms. The molecule has 0 saturated heterocycles. The van der Waals surface area contributed by atoms with Crippen molar-refractivity contribution in [3.63, 3.8) is 0 Å². The van der Waals surface area contributed by atoms with Crippen LogP contribution in [0.3, 0.4) is 0 Å². The Morgan fingerprint density at radius 3 is 1.55 bits per heavy atom. The summed E-state index contributed by atoms with van der Waals surface area (Å²) in [4.78, 5) is 9.94. The third-order valence-electron chi connectivity index (χ3n) is 0.653. The first-order chi connectivity index (χ1) is 4.18. The van der Waals surface area contributed by atoms with Crippen LogP contribution >= 0.6 is 0 Å². The SMILES string of the molecule is [NH-]c1nc([NH-])nc(N)n1.[U].[U]. The van der Waals surface area contributed by atoms with Crippen LogP contribution in [-0.4, -0.2) is 15.0 Å². The monoisotopic (exact) mass is 600 g/mol. The van der Waals surface area contributed by atoms with Crippen LogP contribution in [-0.2, 0) is 0 Å². The van der Waals surface area contributed by atoms with Gasteiger partial charge < -0.3 is 32.2 Å². The maximum atomic E-state index is 6.81. The molecule has 0 aliphatic rings. The van der Waals surface area contributed by atoms with E-state index in [1.165, 1.54) is 0 Å². The van der Waals surface area contributed by atoms with Crippen LogP contribution in [0.25, 0.3) is 11.5 Å². The fraction of sp³-hybridized carbons (Fsp3) is 0. The van der Waals surface area contributed by atoms with E-state index in [2.05, 4.69) is 15.0 Å². The molecule has 0 aromatic carbocycles. The van der Waals surface area contributed by atoms with Gasteiger partial charge in [0.15, 0.2) is 0 Å². The molecular formula is C3H4N6U2-2. The molecule has 0 aliphatic heterocycles. The predicted molar refractivity (Wildman–Crippen MR) is 32.2 cm³/mol. The summed E-state index contributed by atoms with van der Waals surface area (Å²) in [5.74, 6) is -0.625. The van der Waals surface area contributed by atoms with Gasteiger partial charge in [-0.2, -0.15) is 0 Å². The summed E-state index contributed by atoms with van der Waals surface area (Å²) in [5, 5.41) is 0. The van der Waals surface area contributed by atoms with Crippen molar-refractivity contribution >= 4 is 17.8 Å². The van der Waals surface area contributed by atoms with E-state index < -0.39 is 0 Å². The maximum absolute atomic E-state index is 6.81. The van der Waals surface area contributed by atoms with Gasteiger partial charge in [0, 0.05) is 74.1 Å². The van der Waals surface area contributed by atoms with Crippen LogP contribution in [0.5, 0.6) is 0 Å². The zero-order valence-electron chi connectivity index (χ0n) is 5.42. The topological polar surface area (TPSA) is 112 Å². The molecule has 0 bridgehead atoms. The number of nitrogens with one attached hydrogen (secondary N) is 2. The van der Waals surface area contributed by atoms with E-state index in [0.717, 1.165) is 0 Å². The summed E-state index contributed by atoms with van der Waals surface area (Å²) in [7, 11) is 0. The zero-order chi connectivity index (χ0) is 6.85. The standard InChI is InChI=1S/C3H4N6.2U/c4-1-7-2(5)9-3(6)8-1;;/h(H4-2,4,5,6,7,8,9);;/q-2;;. The molecule has 0 fully saturated rings. The van der Waals surface area contributed by atoms with Crippen molar-refractivity contribution < 1.29 is 62.2 Å². The Kier molecular flexibility index (Phi) is 7.77. The predicted octanol–water partition coefficient (Wildman–Crippen LogP) is 0.821. The Labute approximate surface area is 111 Å². The summed E-state index contributed by atoms with van der Waals surface area (Å²) in [6.07, 6.45) is 0. The molecule has 0 unspecified atom stereocenters. The van der Waals surface area contributed by atoms with Crippen LogP contribution in [0.15, 0.2) is 0 Å². The van der Waals surface area contributed by atoms with Crippen molar-refractivity contribution in [2.24, 2.45) is 0 Å². The molecule has 0 amide bonds.